The summed E-state index contributed by atoms with van der Waals surface area (Å²) < 4.78 is 0. The van der Waals surface area contributed by atoms with E-state index in [1.165, 1.54) is 0 Å². The van der Waals surface area contributed by atoms with Crippen molar-refractivity contribution >= 4 is 29.1 Å². The van der Waals surface area contributed by atoms with Gasteiger partial charge in [0.25, 0.3) is 5.91 Å². The number of benzene rings is 2. The number of phenolic OH excluding ortho intramolecular Hbond substituents is 1. The highest BCUT2D eigenvalue weighted by Gasteiger charge is 2.19. The molecule has 1 amide bonds. The van der Waals surface area contributed by atoms with Crippen LogP contribution in [0, 0.1) is 13.8 Å². The molecule has 0 fully saturated rings. The van der Waals surface area contributed by atoms with Gasteiger partial charge in [-0.15, -0.1) is 0 Å². The Morgan fingerprint density at radius 1 is 1.00 bits per heavy atom. The summed E-state index contributed by atoms with van der Waals surface area (Å²) in [7, 11) is 0. The molecular formula is C22H20Cl2N2O2. The van der Waals surface area contributed by atoms with E-state index >= 15 is 0 Å². The van der Waals surface area contributed by atoms with Crippen LogP contribution in [0.15, 0.2) is 54.9 Å². The lowest BCUT2D eigenvalue weighted by molar-refractivity contribution is 0.0729. The summed E-state index contributed by atoms with van der Waals surface area (Å²) in [6, 6.07) is 12.4. The average Bonchev–Trinajstić information content (AvgIpc) is 2.64. The van der Waals surface area contributed by atoms with E-state index in [4.69, 9.17) is 23.2 Å². The maximum Gasteiger partial charge on any atom is 0.254 e. The van der Waals surface area contributed by atoms with Crippen LogP contribution >= 0.6 is 23.2 Å². The van der Waals surface area contributed by atoms with Crippen molar-refractivity contribution in [1.29, 1.82) is 0 Å². The molecule has 2 aromatic carbocycles. The number of hydrogen-bond donors (Lipinski definition) is 1. The molecule has 144 valence electrons. The van der Waals surface area contributed by atoms with E-state index in [1.807, 2.05) is 12.1 Å². The van der Waals surface area contributed by atoms with Crippen molar-refractivity contribution in [2.45, 2.75) is 26.9 Å². The Kier molecular flexibility index (Phi) is 6.22. The minimum Gasteiger partial charge on any atom is -0.507 e. The zero-order chi connectivity index (χ0) is 20.3. The fourth-order valence-electron chi connectivity index (χ4n) is 3.10. The highest BCUT2D eigenvalue weighted by molar-refractivity contribution is 6.34. The van der Waals surface area contributed by atoms with E-state index in [0.717, 1.165) is 11.1 Å². The van der Waals surface area contributed by atoms with Gasteiger partial charge in [0.1, 0.15) is 5.75 Å². The molecule has 0 aliphatic carbocycles. The standard InChI is InChI=1S/C22H20Cl2N2O2/c1-14-6-18(7-15(2)21(14)27)22(28)26(12-16-4-3-5-25-11-16)13-17-8-19(23)10-20(24)9-17/h3-11,27H,12-13H2,1-2H3. The van der Waals surface area contributed by atoms with Crippen molar-refractivity contribution in [3.8, 4) is 5.75 Å². The summed E-state index contributed by atoms with van der Waals surface area (Å²) in [5, 5.41) is 11.1. The van der Waals surface area contributed by atoms with Crippen molar-refractivity contribution in [3.63, 3.8) is 0 Å². The number of aryl methyl sites for hydroxylation is 2. The highest BCUT2D eigenvalue weighted by Crippen LogP contribution is 2.25. The maximum absolute atomic E-state index is 13.3. The predicted molar refractivity (Wildman–Crippen MR) is 112 cm³/mol. The Bertz CT molecular complexity index is 963. The van der Waals surface area contributed by atoms with E-state index in [1.54, 1.807) is 61.5 Å². The minimum atomic E-state index is -0.147. The van der Waals surface area contributed by atoms with Crippen molar-refractivity contribution in [2.24, 2.45) is 0 Å². The lowest BCUT2D eigenvalue weighted by Crippen LogP contribution is -2.30. The first-order valence-corrected chi connectivity index (χ1v) is 9.52. The molecule has 3 rings (SSSR count). The van der Waals surface area contributed by atoms with Crippen LogP contribution in [-0.2, 0) is 13.1 Å². The third-order valence-electron chi connectivity index (χ3n) is 4.42. The van der Waals surface area contributed by atoms with Gasteiger partial charge in [-0.2, -0.15) is 0 Å². The number of nitrogens with zero attached hydrogens (tertiary/aromatic N) is 2. The molecule has 0 bridgehead atoms. The number of pyridine rings is 1. The number of phenols is 1. The Morgan fingerprint density at radius 2 is 1.61 bits per heavy atom. The molecule has 3 aromatic rings. The quantitative estimate of drug-likeness (QED) is 0.594. The summed E-state index contributed by atoms with van der Waals surface area (Å²) in [4.78, 5) is 19.1. The second-order valence-corrected chi connectivity index (χ2v) is 7.63. The summed E-state index contributed by atoms with van der Waals surface area (Å²) in [6.07, 6.45) is 3.43. The maximum atomic E-state index is 13.3. The molecule has 6 heteroatoms. The largest absolute Gasteiger partial charge is 0.507 e. The molecule has 1 N–H and O–H groups in total. The topological polar surface area (TPSA) is 53.4 Å². The number of amides is 1. The third kappa shape index (κ3) is 4.83. The van der Waals surface area contributed by atoms with E-state index in [0.29, 0.717) is 39.8 Å². The molecule has 0 atom stereocenters. The van der Waals surface area contributed by atoms with E-state index in [9.17, 15) is 9.90 Å². The monoisotopic (exact) mass is 414 g/mol. The first kappa shape index (κ1) is 20.2. The molecule has 0 aliphatic heterocycles. The van der Waals surface area contributed by atoms with Crippen LogP contribution < -0.4 is 0 Å². The van der Waals surface area contributed by atoms with Crippen LogP contribution in [0.1, 0.15) is 32.6 Å². The van der Waals surface area contributed by atoms with Gasteiger partial charge in [0, 0.05) is 41.1 Å². The van der Waals surface area contributed by atoms with E-state index < -0.39 is 0 Å². The van der Waals surface area contributed by atoms with Gasteiger partial charge in [-0.1, -0.05) is 29.3 Å². The van der Waals surface area contributed by atoms with Gasteiger partial charge >= 0.3 is 0 Å². The Balaban J connectivity index is 1.96. The molecular weight excluding hydrogens is 395 g/mol. The van der Waals surface area contributed by atoms with Crippen molar-refractivity contribution in [1.82, 2.24) is 9.88 Å². The van der Waals surface area contributed by atoms with Gasteiger partial charge < -0.3 is 10.0 Å². The van der Waals surface area contributed by atoms with Crippen LogP contribution in [0.2, 0.25) is 10.0 Å². The SMILES string of the molecule is Cc1cc(C(=O)N(Cc2cccnc2)Cc2cc(Cl)cc(Cl)c2)cc(C)c1O. The summed E-state index contributed by atoms with van der Waals surface area (Å²) in [5.41, 5.74) is 3.59. The zero-order valence-corrected chi connectivity index (χ0v) is 17.1. The molecule has 1 heterocycles. The fourth-order valence-corrected chi connectivity index (χ4v) is 3.67. The molecule has 0 radical (unpaired) electrons. The Labute approximate surface area is 174 Å². The Morgan fingerprint density at radius 3 is 2.18 bits per heavy atom. The molecule has 0 unspecified atom stereocenters. The predicted octanol–water partition coefficient (Wildman–Crippen LogP) is 5.55. The molecule has 0 saturated carbocycles. The van der Waals surface area contributed by atoms with Gasteiger partial charge in [0.2, 0.25) is 0 Å². The number of halogens is 2. The lowest BCUT2D eigenvalue weighted by Gasteiger charge is -2.24. The first-order valence-electron chi connectivity index (χ1n) is 8.77. The lowest BCUT2D eigenvalue weighted by atomic mass is 10.0. The van der Waals surface area contributed by atoms with Crippen molar-refractivity contribution in [2.75, 3.05) is 0 Å². The van der Waals surface area contributed by atoms with E-state index in [-0.39, 0.29) is 11.7 Å². The first-order chi connectivity index (χ1) is 13.3. The molecule has 0 aliphatic rings. The van der Waals surface area contributed by atoms with Crippen LogP contribution in [-0.4, -0.2) is 20.9 Å². The van der Waals surface area contributed by atoms with Gasteiger partial charge in [-0.3, -0.25) is 9.78 Å². The average molecular weight is 415 g/mol. The molecule has 1 aromatic heterocycles. The van der Waals surface area contributed by atoms with Crippen LogP contribution in [0.4, 0.5) is 0 Å². The van der Waals surface area contributed by atoms with Gasteiger partial charge in [0.15, 0.2) is 0 Å². The summed E-state index contributed by atoms with van der Waals surface area (Å²) in [6.45, 7) is 4.28. The third-order valence-corrected chi connectivity index (χ3v) is 4.85. The van der Waals surface area contributed by atoms with Crippen LogP contribution in [0.25, 0.3) is 0 Å². The number of rotatable bonds is 5. The number of hydrogen-bond acceptors (Lipinski definition) is 3. The van der Waals surface area contributed by atoms with Crippen molar-refractivity contribution < 1.29 is 9.90 Å². The Hall–Kier alpha value is -2.56. The fraction of sp³-hybridized carbons (Fsp3) is 0.182. The van der Waals surface area contributed by atoms with Gasteiger partial charge in [0.05, 0.1) is 0 Å². The van der Waals surface area contributed by atoms with E-state index in [2.05, 4.69) is 4.98 Å². The second-order valence-electron chi connectivity index (χ2n) is 6.76. The number of aromatic hydroxyl groups is 1. The van der Waals surface area contributed by atoms with Crippen molar-refractivity contribution in [3.05, 3.63) is 92.7 Å². The van der Waals surface area contributed by atoms with Gasteiger partial charge in [-0.25, -0.2) is 0 Å². The second kappa shape index (κ2) is 8.63. The number of carbonyl (C=O) groups excluding carboxylic acids is 1. The summed E-state index contributed by atoms with van der Waals surface area (Å²) in [5.74, 6) is 0.0585. The number of aromatic nitrogens is 1. The minimum absolute atomic E-state index is 0.147. The van der Waals surface area contributed by atoms with Gasteiger partial charge in [-0.05, 0) is 72.5 Å². The molecule has 28 heavy (non-hydrogen) atoms. The zero-order valence-electron chi connectivity index (χ0n) is 15.6. The summed E-state index contributed by atoms with van der Waals surface area (Å²) >= 11 is 12.2. The normalized spacial score (nSPS) is 10.7. The molecule has 0 spiro atoms. The highest BCUT2D eigenvalue weighted by atomic mass is 35.5. The number of carbonyl (C=O) groups is 1. The van der Waals surface area contributed by atoms with Crippen LogP contribution in [0.5, 0.6) is 5.75 Å². The molecule has 4 nitrogen and oxygen atoms in total. The smallest absolute Gasteiger partial charge is 0.254 e. The molecule has 0 saturated heterocycles. The van der Waals surface area contributed by atoms with Crippen LogP contribution in [0.3, 0.4) is 0 Å².